The number of benzene rings is 2. The number of nitrogen functional groups attached to an aromatic ring is 1. The monoisotopic (exact) mass is 472 g/mol. The molecule has 0 aliphatic rings. The first-order valence-corrected chi connectivity index (χ1v) is 11.3. The van der Waals surface area contributed by atoms with Gasteiger partial charge in [0.25, 0.3) is 15.6 Å². The van der Waals surface area contributed by atoms with Crippen LogP contribution in [0.15, 0.2) is 74.9 Å². The number of nitrogens with two attached hydrogens (primary N) is 1. The summed E-state index contributed by atoms with van der Waals surface area (Å²) in [4.78, 5) is 13.1. The molecule has 0 unspecified atom stereocenters. The Morgan fingerprint density at radius 1 is 1.03 bits per heavy atom. The number of aryl methyl sites for hydroxylation is 1. The van der Waals surface area contributed by atoms with E-state index in [2.05, 4.69) is 9.88 Å². The highest BCUT2D eigenvalue weighted by molar-refractivity contribution is 7.92. The lowest BCUT2D eigenvalue weighted by Crippen LogP contribution is -2.26. The normalized spacial score (nSPS) is 10.9. The van der Waals surface area contributed by atoms with Crippen molar-refractivity contribution in [3.05, 3.63) is 87.9 Å². The third-order valence-electron chi connectivity index (χ3n) is 4.97. The van der Waals surface area contributed by atoms with E-state index in [1.54, 1.807) is 37.3 Å². The molecule has 4 aromatic rings. The van der Waals surface area contributed by atoms with Crippen molar-refractivity contribution in [3.63, 3.8) is 0 Å². The van der Waals surface area contributed by atoms with E-state index >= 15 is 0 Å². The molecular weight excluding hydrogens is 456 g/mol. The molecule has 11 heteroatoms. The second-order valence-electron chi connectivity index (χ2n) is 7.16. The van der Waals surface area contributed by atoms with Gasteiger partial charge in [-0.1, -0.05) is 35.5 Å². The summed E-state index contributed by atoms with van der Waals surface area (Å²) in [5.41, 5.74) is 6.01. The number of rotatable bonds is 5. The van der Waals surface area contributed by atoms with Crippen LogP contribution in [0.1, 0.15) is 16.9 Å². The summed E-state index contributed by atoms with van der Waals surface area (Å²) in [6.45, 7) is 1.62. The predicted molar refractivity (Wildman–Crippen MR) is 123 cm³/mol. The van der Waals surface area contributed by atoms with Gasteiger partial charge in [-0.15, -0.1) is 0 Å². The zero-order chi connectivity index (χ0) is 24.5. The first kappa shape index (κ1) is 22.3. The molecule has 0 bridgehead atoms. The highest BCUT2D eigenvalue weighted by Gasteiger charge is 2.23. The minimum Gasteiger partial charge on any atom is -0.384 e. The van der Waals surface area contributed by atoms with Crippen molar-refractivity contribution in [2.75, 3.05) is 10.5 Å². The van der Waals surface area contributed by atoms with E-state index in [0.717, 1.165) is 4.57 Å². The molecule has 34 heavy (non-hydrogen) atoms. The third-order valence-corrected chi connectivity index (χ3v) is 6.34. The lowest BCUT2D eigenvalue weighted by Gasteiger charge is -2.16. The minimum atomic E-state index is -3.98. The van der Waals surface area contributed by atoms with Crippen LogP contribution in [0.5, 0.6) is 0 Å². The molecule has 0 saturated carbocycles. The molecule has 4 rings (SSSR count). The predicted octanol–water partition coefficient (Wildman–Crippen LogP) is 2.93. The molecule has 168 valence electrons. The topological polar surface area (TPSA) is 168 Å². The molecule has 0 radical (unpaired) electrons. The van der Waals surface area contributed by atoms with Gasteiger partial charge in [-0.3, -0.25) is 14.1 Å². The van der Waals surface area contributed by atoms with Crippen LogP contribution < -0.4 is 16.0 Å². The van der Waals surface area contributed by atoms with Crippen molar-refractivity contribution >= 4 is 21.7 Å². The minimum absolute atomic E-state index is 0.0239. The van der Waals surface area contributed by atoms with Crippen molar-refractivity contribution in [2.24, 2.45) is 0 Å². The fourth-order valence-electron chi connectivity index (χ4n) is 3.45. The van der Waals surface area contributed by atoms with Crippen LogP contribution in [0.25, 0.3) is 16.8 Å². The largest absolute Gasteiger partial charge is 0.384 e. The van der Waals surface area contributed by atoms with Gasteiger partial charge in [0, 0.05) is 11.6 Å². The Balaban J connectivity index is 1.82. The van der Waals surface area contributed by atoms with Crippen molar-refractivity contribution in [2.45, 2.75) is 11.8 Å². The second kappa shape index (κ2) is 8.58. The van der Waals surface area contributed by atoms with Crippen molar-refractivity contribution in [1.29, 1.82) is 10.5 Å². The summed E-state index contributed by atoms with van der Waals surface area (Å²) in [7, 11) is -3.98. The summed E-state index contributed by atoms with van der Waals surface area (Å²) in [5.74, 6) is 0.288. The summed E-state index contributed by atoms with van der Waals surface area (Å²) < 4.78 is 33.4. The molecule has 0 aliphatic heterocycles. The van der Waals surface area contributed by atoms with Gasteiger partial charge in [0.15, 0.2) is 5.82 Å². The summed E-state index contributed by atoms with van der Waals surface area (Å²) in [6, 6.07) is 19.0. The number of anilines is 2. The maximum atomic E-state index is 13.2. The zero-order valence-corrected chi connectivity index (χ0v) is 18.5. The fraction of sp³-hybridized carbons (Fsp3) is 0.0435. The van der Waals surface area contributed by atoms with Crippen LogP contribution >= 0.6 is 0 Å². The Kier molecular flexibility index (Phi) is 5.63. The third kappa shape index (κ3) is 3.88. The molecule has 3 N–H and O–H groups in total. The summed E-state index contributed by atoms with van der Waals surface area (Å²) in [6.07, 6.45) is 0. The summed E-state index contributed by atoms with van der Waals surface area (Å²) in [5, 5.41) is 23.1. The molecule has 2 aromatic carbocycles. The Labute approximate surface area is 194 Å². The number of hydrogen-bond acceptors (Lipinski definition) is 8. The van der Waals surface area contributed by atoms with Crippen molar-refractivity contribution in [1.82, 2.24) is 9.72 Å². The Bertz CT molecular complexity index is 1640. The number of sulfonamides is 1. The van der Waals surface area contributed by atoms with Gasteiger partial charge in [-0.05, 0) is 36.8 Å². The smallest absolute Gasteiger partial charge is 0.275 e. The standard InChI is InChI=1S/C23H16N6O4S/c1-14-11-20(27-33-14)28-34(31,32)17-9-7-16(8-10-17)29-22(26)18(12-24)21(19(13-25)23(29)30)15-5-3-2-4-6-15/h2-11H,26H2,1H3,(H,27,28). The highest BCUT2D eigenvalue weighted by Crippen LogP contribution is 2.30. The van der Waals surface area contributed by atoms with Gasteiger partial charge in [0.2, 0.25) is 0 Å². The van der Waals surface area contributed by atoms with Crippen LogP contribution in [0, 0.1) is 29.6 Å². The molecule has 0 spiro atoms. The Hall–Kier alpha value is -4.87. The Morgan fingerprint density at radius 3 is 2.24 bits per heavy atom. The maximum Gasteiger partial charge on any atom is 0.275 e. The second-order valence-corrected chi connectivity index (χ2v) is 8.85. The van der Waals surface area contributed by atoms with Crippen LogP contribution in [-0.2, 0) is 10.0 Å². The van der Waals surface area contributed by atoms with E-state index in [1.165, 1.54) is 30.3 Å². The van der Waals surface area contributed by atoms with E-state index in [4.69, 9.17) is 10.3 Å². The van der Waals surface area contributed by atoms with Gasteiger partial charge in [0.1, 0.15) is 34.8 Å². The van der Waals surface area contributed by atoms with E-state index in [1.807, 2.05) is 12.1 Å². The molecule has 0 fully saturated rings. The number of nitriles is 2. The highest BCUT2D eigenvalue weighted by atomic mass is 32.2. The fourth-order valence-corrected chi connectivity index (χ4v) is 4.43. The average molecular weight is 472 g/mol. The average Bonchev–Trinajstić information content (AvgIpc) is 3.23. The van der Waals surface area contributed by atoms with E-state index in [9.17, 15) is 23.7 Å². The lowest BCUT2D eigenvalue weighted by molar-refractivity contribution is 0.400. The molecule has 0 saturated heterocycles. The lowest BCUT2D eigenvalue weighted by atomic mass is 9.96. The zero-order valence-electron chi connectivity index (χ0n) is 17.7. The number of nitrogens with one attached hydrogen (secondary N) is 1. The molecule has 0 aliphatic carbocycles. The number of hydrogen-bond donors (Lipinski definition) is 2. The number of nitrogens with zero attached hydrogens (tertiary/aromatic N) is 4. The first-order chi connectivity index (χ1) is 16.3. The van der Waals surface area contributed by atoms with Crippen LogP contribution in [0.2, 0.25) is 0 Å². The van der Waals surface area contributed by atoms with Crippen molar-refractivity contribution < 1.29 is 12.9 Å². The van der Waals surface area contributed by atoms with Gasteiger partial charge >= 0.3 is 0 Å². The molecule has 2 heterocycles. The van der Waals surface area contributed by atoms with E-state index < -0.39 is 15.6 Å². The first-order valence-electron chi connectivity index (χ1n) is 9.77. The molecule has 0 atom stereocenters. The molecular formula is C23H16N6O4S. The maximum absolute atomic E-state index is 13.2. The summed E-state index contributed by atoms with van der Waals surface area (Å²) >= 11 is 0. The van der Waals surface area contributed by atoms with Gasteiger partial charge in [-0.2, -0.15) is 10.5 Å². The molecule has 10 nitrogen and oxygen atoms in total. The van der Waals surface area contributed by atoms with Crippen LogP contribution in [0.3, 0.4) is 0 Å². The van der Waals surface area contributed by atoms with Gasteiger partial charge in [-0.25, -0.2) is 8.42 Å². The quantitative estimate of drug-likeness (QED) is 0.447. The Morgan fingerprint density at radius 2 is 1.68 bits per heavy atom. The molecule has 2 aromatic heterocycles. The van der Waals surface area contributed by atoms with Crippen molar-refractivity contribution in [3.8, 4) is 29.0 Å². The number of aromatic nitrogens is 2. The van der Waals surface area contributed by atoms with Crippen LogP contribution in [-0.4, -0.2) is 18.1 Å². The van der Waals surface area contributed by atoms with E-state index in [-0.39, 0.29) is 38.9 Å². The van der Waals surface area contributed by atoms with E-state index in [0.29, 0.717) is 11.3 Å². The SMILES string of the molecule is Cc1cc(NS(=O)(=O)c2ccc(-n3c(N)c(C#N)c(-c4ccccc4)c(C#N)c3=O)cc2)no1. The van der Waals surface area contributed by atoms with Gasteiger partial charge in [0.05, 0.1) is 10.6 Å². The van der Waals surface area contributed by atoms with Crippen LogP contribution in [0.4, 0.5) is 11.6 Å². The molecule has 0 amide bonds. The van der Waals surface area contributed by atoms with Gasteiger partial charge < -0.3 is 10.3 Å². The number of pyridine rings is 1.